The van der Waals surface area contributed by atoms with Gasteiger partial charge in [0.05, 0.1) is 4.88 Å². The molecule has 3 aliphatic heterocycles. The molecule has 0 amide bonds. The molecule has 5 heteroatoms. The first kappa shape index (κ1) is 14.1. The summed E-state index contributed by atoms with van der Waals surface area (Å²) in [6.07, 6.45) is 7.13. The molecule has 5 rings (SSSR count). The van der Waals surface area contributed by atoms with Gasteiger partial charge in [0.1, 0.15) is 0 Å². The average Bonchev–Trinajstić information content (AvgIpc) is 2.79. The van der Waals surface area contributed by atoms with Crippen LogP contribution in [0.25, 0.3) is 10.4 Å². The van der Waals surface area contributed by atoms with Crippen LogP contribution in [0, 0.1) is 5.92 Å². The van der Waals surface area contributed by atoms with E-state index in [2.05, 4.69) is 27.6 Å². The first-order chi connectivity index (χ1) is 10.8. The summed E-state index contributed by atoms with van der Waals surface area (Å²) in [7, 11) is 0. The van der Waals surface area contributed by atoms with Gasteiger partial charge in [-0.25, -0.2) is 5.01 Å². The van der Waals surface area contributed by atoms with Gasteiger partial charge >= 0.3 is 0 Å². The molecular formula is C17H19N3OS. The van der Waals surface area contributed by atoms with Crippen molar-refractivity contribution in [1.29, 1.82) is 0 Å². The quantitative estimate of drug-likeness (QED) is 0.885. The molecule has 0 radical (unpaired) electrons. The van der Waals surface area contributed by atoms with Crippen LogP contribution in [0.2, 0.25) is 0 Å². The summed E-state index contributed by atoms with van der Waals surface area (Å²) in [4.78, 5) is 17.6. The number of carbonyl (C=O) groups is 1. The molecule has 2 aromatic rings. The van der Waals surface area contributed by atoms with Crippen molar-refractivity contribution in [2.75, 3.05) is 19.6 Å². The van der Waals surface area contributed by atoms with Crippen molar-refractivity contribution in [3.8, 4) is 10.4 Å². The minimum Gasteiger partial charge on any atom is -0.297 e. The number of hydrogen-bond donors (Lipinski definition) is 1. The number of thiophene rings is 1. The van der Waals surface area contributed by atoms with Crippen molar-refractivity contribution in [1.82, 2.24) is 15.4 Å². The second kappa shape index (κ2) is 5.91. The fourth-order valence-corrected chi connectivity index (χ4v) is 4.74. The molecule has 0 aromatic carbocycles. The van der Waals surface area contributed by atoms with Crippen LogP contribution in [0.15, 0.2) is 30.6 Å². The van der Waals surface area contributed by atoms with E-state index in [0.717, 1.165) is 36.4 Å². The number of aldehydes is 1. The van der Waals surface area contributed by atoms with Crippen LogP contribution < -0.4 is 5.43 Å². The minimum absolute atomic E-state index is 0.479. The number of aromatic nitrogens is 1. The maximum atomic E-state index is 11.3. The highest BCUT2D eigenvalue weighted by molar-refractivity contribution is 7.17. The van der Waals surface area contributed by atoms with E-state index in [1.807, 2.05) is 12.3 Å². The fourth-order valence-electron chi connectivity index (χ4n) is 3.70. The Kier molecular flexibility index (Phi) is 3.78. The van der Waals surface area contributed by atoms with Gasteiger partial charge in [0.25, 0.3) is 0 Å². The van der Waals surface area contributed by atoms with Crippen LogP contribution in [0.3, 0.4) is 0 Å². The number of nitrogens with one attached hydrogen (secondary N) is 1. The normalized spacial score (nSPS) is 27.5. The van der Waals surface area contributed by atoms with E-state index in [4.69, 9.17) is 0 Å². The zero-order valence-corrected chi connectivity index (χ0v) is 13.2. The van der Waals surface area contributed by atoms with Crippen molar-refractivity contribution in [2.24, 2.45) is 5.92 Å². The number of hydrogen-bond acceptors (Lipinski definition) is 5. The summed E-state index contributed by atoms with van der Waals surface area (Å²) in [5.41, 5.74) is 6.00. The van der Waals surface area contributed by atoms with Gasteiger partial charge in [-0.15, -0.1) is 11.3 Å². The van der Waals surface area contributed by atoms with Gasteiger partial charge in [0.15, 0.2) is 6.29 Å². The molecule has 114 valence electrons. The summed E-state index contributed by atoms with van der Waals surface area (Å²) in [5.74, 6) is 1.18. The fraction of sp³-hybridized carbons (Fsp3) is 0.412. The highest BCUT2D eigenvalue weighted by Crippen LogP contribution is 2.42. The Balaban J connectivity index is 1.77. The van der Waals surface area contributed by atoms with Gasteiger partial charge in [0, 0.05) is 48.4 Å². The summed E-state index contributed by atoms with van der Waals surface area (Å²) < 4.78 is 0. The highest BCUT2D eigenvalue weighted by Gasteiger charge is 2.33. The molecule has 3 aliphatic rings. The Morgan fingerprint density at radius 3 is 2.95 bits per heavy atom. The standard InChI is InChI=1S/C17H19N3OS/c21-11-14-8-15(17(22-14)13-2-1-5-18-9-13)16-10-19-20-6-3-12(16)4-7-20/h1-2,5,8-9,11-12,16,19H,3-4,6-7,10H2. The number of carbonyl (C=O) groups excluding carboxylic acids is 1. The van der Waals surface area contributed by atoms with E-state index >= 15 is 0 Å². The topological polar surface area (TPSA) is 45.2 Å². The Labute approximate surface area is 134 Å². The third-order valence-corrected chi connectivity index (χ3v) is 5.99. The lowest BCUT2D eigenvalue weighted by Gasteiger charge is -2.28. The number of rotatable bonds is 3. The lowest BCUT2D eigenvalue weighted by Crippen LogP contribution is -2.39. The van der Waals surface area contributed by atoms with Gasteiger partial charge < -0.3 is 0 Å². The van der Waals surface area contributed by atoms with Crippen molar-refractivity contribution in [3.05, 3.63) is 41.0 Å². The molecule has 3 saturated heterocycles. The van der Waals surface area contributed by atoms with Crippen LogP contribution >= 0.6 is 11.3 Å². The van der Waals surface area contributed by atoms with E-state index in [1.54, 1.807) is 17.5 Å². The monoisotopic (exact) mass is 313 g/mol. The van der Waals surface area contributed by atoms with E-state index < -0.39 is 0 Å². The zero-order chi connectivity index (χ0) is 14.9. The van der Waals surface area contributed by atoms with Crippen molar-refractivity contribution >= 4 is 17.6 Å². The largest absolute Gasteiger partial charge is 0.297 e. The lowest BCUT2D eigenvalue weighted by atomic mass is 9.80. The molecule has 22 heavy (non-hydrogen) atoms. The average molecular weight is 313 g/mol. The van der Waals surface area contributed by atoms with Crippen LogP contribution in [0.1, 0.15) is 34.0 Å². The summed E-state index contributed by atoms with van der Waals surface area (Å²) in [6.45, 7) is 3.23. The van der Waals surface area contributed by atoms with Crippen molar-refractivity contribution in [2.45, 2.75) is 18.8 Å². The Morgan fingerprint density at radius 2 is 2.23 bits per heavy atom. The molecule has 0 spiro atoms. The molecule has 2 bridgehead atoms. The van der Waals surface area contributed by atoms with E-state index in [0.29, 0.717) is 11.8 Å². The number of hydrazine groups is 1. The first-order valence-corrected chi connectivity index (χ1v) is 8.64. The molecule has 1 unspecified atom stereocenters. The molecule has 0 saturated carbocycles. The van der Waals surface area contributed by atoms with Gasteiger partial charge in [0.2, 0.25) is 0 Å². The van der Waals surface area contributed by atoms with Crippen LogP contribution in [-0.4, -0.2) is 35.9 Å². The number of pyridine rings is 1. The smallest absolute Gasteiger partial charge is 0.160 e. The van der Waals surface area contributed by atoms with Crippen LogP contribution in [-0.2, 0) is 0 Å². The number of nitrogens with zero attached hydrogens (tertiary/aromatic N) is 2. The third kappa shape index (κ3) is 2.49. The molecule has 1 N–H and O–H groups in total. The molecule has 0 aliphatic carbocycles. The Morgan fingerprint density at radius 1 is 1.36 bits per heavy atom. The number of piperidine rings is 1. The van der Waals surface area contributed by atoms with Crippen molar-refractivity contribution < 1.29 is 4.79 Å². The van der Waals surface area contributed by atoms with Gasteiger partial charge in [-0.05, 0) is 36.5 Å². The lowest BCUT2D eigenvalue weighted by molar-refractivity contribution is 0.112. The van der Waals surface area contributed by atoms with E-state index in [9.17, 15) is 4.79 Å². The predicted octanol–water partition coefficient (Wildman–Crippen LogP) is 2.94. The number of fused-ring (bicyclic) bond motifs is 4. The van der Waals surface area contributed by atoms with Crippen LogP contribution in [0.4, 0.5) is 0 Å². The summed E-state index contributed by atoms with van der Waals surface area (Å²) >= 11 is 1.59. The van der Waals surface area contributed by atoms with E-state index in [1.165, 1.54) is 23.3 Å². The summed E-state index contributed by atoms with van der Waals surface area (Å²) in [5, 5.41) is 2.34. The molecule has 3 fully saturated rings. The van der Waals surface area contributed by atoms with E-state index in [-0.39, 0.29) is 0 Å². The van der Waals surface area contributed by atoms with Crippen LogP contribution in [0.5, 0.6) is 0 Å². The van der Waals surface area contributed by atoms with Gasteiger partial charge in [-0.2, -0.15) is 0 Å². The molecule has 5 heterocycles. The maximum absolute atomic E-state index is 11.3. The first-order valence-electron chi connectivity index (χ1n) is 7.83. The third-order valence-electron chi connectivity index (χ3n) is 4.86. The summed E-state index contributed by atoms with van der Waals surface area (Å²) in [6, 6.07) is 6.14. The van der Waals surface area contributed by atoms with Gasteiger partial charge in [-0.3, -0.25) is 15.2 Å². The Hall–Kier alpha value is -1.56. The van der Waals surface area contributed by atoms with Gasteiger partial charge in [-0.1, -0.05) is 6.07 Å². The molecule has 4 nitrogen and oxygen atoms in total. The Bertz CT molecular complexity index is 662. The SMILES string of the molecule is O=Cc1cc(C2CNN3CCC2CC3)c(-c2cccnc2)s1. The molecular weight excluding hydrogens is 294 g/mol. The maximum Gasteiger partial charge on any atom is 0.160 e. The molecule has 2 aromatic heterocycles. The molecule has 1 atom stereocenters. The highest BCUT2D eigenvalue weighted by atomic mass is 32.1. The van der Waals surface area contributed by atoms with Crippen molar-refractivity contribution in [3.63, 3.8) is 0 Å². The minimum atomic E-state index is 0.479. The second-order valence-electron chi connectivity index (χ2n) is 6.09. The second-order valence-corrected chi connectivity index (χ2v) is 7.17. The predicted molar refractivity (Wildman–Crippen MR) is 88.0 cm³/mol. The zero-order valence-electron chi connectivity index (χ0n) is 12.4.